The number of nitrogens with one attached hydrogen (secondary N) is 2. The SMILES string of the molecule is O=C(NCC1CCSCC1)[C@@H]1CCCNC1. The lowest BCUT2D eigenvalue weighted by Gasteiger charge is -2.25. The Hall–Kier alpha value is -0.220. The highest BCUT2D eigenvalue weighted by molar-refractivity contribution is 7.99. The molecule has 2 saturated heterocycles. The van der Waals surface area contributed by atoms with Crippen LogP contribution in [-0.2, 0) is 4.79 Å². The smallest absolute Gasteiger partial charge is 0.224 e. The Bertz CT molecular complexity index is 223. The number of thioether (sulfide) groups is 1. The Balaban J connectivity index is 1.65. The Morgan fingerprint density at radius 3 is 2.81 bits per heavy atom. The Morgan fingerprint density at radius 2 is 2.12 bits per heavy atom. The van der Waals surface area contributed by atoms with E-state index in [0.717, 1.165) is 38.4 Å². The van der Waals surface area contributed by atoms with Crippen LogP contribution in [0.25, 0.3) is 0 Å². The van der Waals surface area contributed by atoms with E-state index in [2.05, 4.69) is 10.6 Å². The predicted molar refractivity (Wildman–Crippen MR) is 68.7 cm³/mol. The van der Waals surface area contributed by atoms with E-state index in [1.807, 2.05) is 11.8 Å². The number of carbonyl (C=O) groups is 1. The summed E-state index contributed by atoms with van der Waals surface area (Å²) in [6.07, 6.45) is 4.74. The average Bonchev–Trinajstić information content (AvgIpc) is 2.38. The highest BCUT2D eigenvalue weighted by Crippen LogP contribution is 2.22. The summed E-state index contributed by atoms with van der Waals surface area (Å²) in [5.41, 5.74) is 0. The van der Waals surface area contributed by atoms with Gasteiger partial charge < -0.3 is 10.6 Å². The molecule has 0 spiro atoms. The number of amides is 1. The van der Waals surface area contributed by atoms with Crippen molar-refractivity contribution in [3.05, 3.63) is 0 Å². The van der Waals surface area contributed by atoms with Gasteiger partial charge >= 0.3 is 0 Å². The van der Waals surface area contributed by atoms with Crippen LogP contribution in [0.1, 0.15) is 25.7 Å². The molecule has 4 heteroatoms. The summed E-state index contributed by atoms with van der Waals surface area (Å²) in [7, 11) is 0. The molecule has 2 heterocycles. The van der Waals surface area contributed by atoms with Crippen molar-refractivity contribution in [2.24, 2.45) is 11.8 Å². The Labute approximate surface area is 102 Å². The minimum Gasteiger partial charge on any atom is -0.356 e. The molecule has 1 atom stereocenters. The molecule has 3 nitrogen and oxygen atoms in total. The maximum absolute atomic E-state index is 11.9. The molecule has 0 radical (unpaired) electrons. The van der Waals surface area contributed by atoms with Crippen LogP contribution in [-0.4, -0.2) is 37.0 Å². The van der Waals surface area contributed by atoms with Crippen LogP contribution in [0.2, 0.25) is 0 Å². The lowest BCUT2D eigenvalue weighted by Crippen LogP contribution is -2.42. The first kappa shape index (κ1) is 12.2. The van der Waals surface area contributed by atoms with E-state index in [1.165, 1.54) is 24.3 Å². The molecule has 0 aromatic heterocycles. The second-order valence-corrected chi connectivity index (χ2v) is 6.07. The molecule has 2 aliphatic heterocycles. The molecule has 2 fully saturated rings. The number of carbonyl (C=O) groups excluding carboxylic acids is 1. The summed E-state index contributed by atoms with van der Waals surface area (Å²) < 4.78 is 0. The molecule has 0 aliphatic carbocycles. The third-order valence-corrected chi connectivity index (χ3v) is 4.62. The van der Waals surface area contributed by atoms with Gasteiger partial charge in [-0.2, -0.15) is 11.8 Å². The van der Waals surface area contributed by atoms with Crippen molar-refractivity contribution in [2.45, 2.75) is 25.7 Å². The van der Waals surface area contributed by atoms with Crippen LogP contribution in [0.5, 0.6) is 0 Å². The molecule has 2 N–H and O–H groups in total. The van der Waals surface area contributed by atoms with Gasteiger partial charge in [0.05, 0.1) is 5.92 Å². The maximum Gasteiger partial charge on any atom is 0.224 e. The largest absolute Gasteiger partial charge is 0.356 e. The van der Waals surface area contributed by atoms with Crippen molar-refractivity contribution in [3.63, 3.8) is 0 Å². The standard InChI is InChI=1S/C12H22N2OS/c15-12(11-2-1-5-13-9-11)14-8-10-3-6-16-7-4-10/h10-11,13H,1-9H2,(H,14,15)/t11-/m1/s1. The van der Waals surface area contributed by atoms with Crippen LogP contribution in [0.15, 0.2) is 0 Å². The predicted octanol–water partition coefficient (Wildman–Crippen LogP) is 1.25. The zero-order chi connectivity index (χ0) is 11.2. The third kappa shape index (κ3) is 3.67. The van der Waals surface area contributed by atoms with E-state index >= 15 is 0 Å². The lowest BCUT2D eigenvalue weighted by atomic mass is 9.98. The highest BCUT2D eigenvalue weighted by atomic mass is 32.2. The lowest BCUT2D eigenvalue weighted by molar-refractivity contribution is -0.125. The molecular weight excluding hydrogens is 220 g/mol. The summed E-state index contributed by atoms with van der Waals surface area (Å²) in [5.74, 6) is 3.75. The van der Waals surface area contributed by atoms with E-state index < -0.39 is 0 Å². The van der Waals surface area contributed by atoms with Gasteiger partial charge in [-0.25, -0.2) is 0 Å². The second kappa shape index (κ2) is 6.50. The molecule has 2 aliphatic rings. The van der Waals surface area contributed by atoms with Crippen LogP contribution < -0.4 is 10.6 Å². The Morgan fingerprint density at radius 1 is 1.31 bits per heavy atom. The van der Waals surface area contributed by atoms with Gasteiger partial charge in [0.2, 0.25) is 5.91 Å². The molecule has 0 saturated carbocycles. The quantitative estimate of drug-likeness (QED) is 0.782. The van der Waals surface area contributed by atoms with Crippen molar-refractivity contribution >= 4 is 17.7 Å². The molecule has 16 heavy (non-hydrogen) atoms. The second-order valence-electron chi connectivity index (χ2n) is 4.84. The molecule has 0 aromatic rings. The van der Waals surface area contributed by atoms with E-state index in [0.29, 0.717) is 0 Å². The van der Waals surface area contributed by atoms with Crippen LogP contribution in [0, 0.1) is 11.8 Å². The van der Waals surface area contributed by atoms with Gasteiger partial charge in [-0.05, 0) is 49.7 Å². The monoisotopic (exact) mass is 242 g/mol. The van der Waals surface area contributed by atoms with Crippen molar-refractivity contribution in [1.29, 1.82) is 0 Å². The van der Waals surface area contributed by atoms with E-state index in [-0.39, 0.29) is 11.8 Å². The first-order valence-corrected chi connectivity index (χ1v) is 7.58. The number of hydrogen-bond donors (Lipinski definition) is 2. The van der Waals surface area contributed by atoms with Gasteiger partial charge in [0.25, 0.3) is 0 Å². The number of rotatable bonds is 3. The topological polar surface area (TPSA) is 41.1 Å². The van der Waals surface area contributed by atoms with Crippen LogP contribution in [0.4, 0.5) is 0 Å². The number of piperidine rings is 1. The molecule has 0 unspecified atom stereocenters. The van der Waals surface area contributed by atoms with E-state index in [9.17, 15) is 4.79 Å². The minimum absolute atomic E-state index is 0.215. The van der Waals surface area contributed by atoms with E-state index in [4.69, 9.17) is 0 Å². The first-order valence-electron chi connectivity index (χ1n) is 6.42. The summed E-state index contributed by atoms with van der Waals surface area (Å²) >= 11 is 2.04. The zero-order valence-electron chi connectivity index (χ0n) is 9.84. The Kier molecular flexibility index (Phi) is 4.97. The maximum atomic E-state index is 11.9. The fourth-order valence-corrected chi connectivity index (χ4v) is 3.62. The summed E-state index contributed by atoms with van der Waals surface area (Å²) in [6, 6.07) is 0. The van der Waals surface area contributed by atoms with Crippen molar-refractivity contribution in [3.8, 4) is 0 Å². The third-order valence-electron chi connectivity index (χ3n) is 3.57. The summed E-state index contributed by atoms with van der Waals surface area (Å²) in [5, 5.41) is 6.42. The molecule has 2 rings (SSSR count). The summed E-state index contributed by atoms with van der Waals surface area (Å²) in [6.45, 7) is 2.84. The van der Waals surface area contributed by atoms with Crippen LogP contribution >= 0.6 is 11.8 Å². The van der Waals surface area contributed by atoms with Crippen molar-refractivity contribution < 1.29 is 4.79 Å². The van der Waals surface area contributed by atoms with Crippen molar-refractivity contribution in [2.75, 3.05) is 31.1 Å². The average molecular weight is 242 g/mol. The fraction of sp³-hybridized carbons (Fsp3) is 0.917. The fourth-order valence-electron chi connectivity index (χ4n) is 2.42. The summed E-state index contributed by atoms with van der Waals surface area (Å²) in [4.78, 5) is 11.9. The first-order chi connectivity index (χ1) is 7.86. The van der Waals surface area contributed by atoms with Crippen LogP contribution in [0.3, 0.4) is 0 Å². The normalized spacial score (nSPS) is 27.6. The number of hydrogen-bond acceptors (Lipinski definition) is 3. The minimum atomic E-state index is 0.215. The van der Waals surface area contributed by atoms with Gasteiger partial charge in [-0.3, -0.25) is 4.79 Å². The molecular formula is C12H22N2OS. The highest BCUT2D eigenvalue weighted by Gasteiger charge is 2.22. The van der Waals surface area contributed by atoms with Gasteiger partial charge in [0, 0.05) is 13.1 Å². The van der Waals surface area contributed by atoms with Crippen molar-refractivity contribution in [1.82, 2.24) is 10.6 Å². The molecule has 0 aromatic carbocycles. The molecule has 1 amide bonds. The van der Waals surface area contributed by atoms with Gasteiger partial charge in [-0.1, -0.05) is 0 Å². The molecule has 0 bridgehead atoms. The molecule has 92 valence electrons. The van der Waals surface area contributed by atoms with E-state index in [1.54, 1.807) is 0 Å². The van der Waals surface area contributed by atoms with Gasteiger partial charge in [0.15, 0.2) is 0 Å². The van der Waals surface area contributed by atoms with Gasteiger partial charge in [0.1, 0.15) is 0 Å². The zero-order valence-corrected chi connectivity index (χ0v) is 10.7. The van der Waals surface area contributed by atoms with Gasteiger partial charge in [-0.15, -0.1) is 0 Å².